The fraction of sp³-hybridized carbons (Fsp3) is 0.310. The summed E-state index contributed by atoms with van der Waals surface area (Å²) >= 11 is 0. The molecular formula is C29H31FN6O4. The number of halogens is 1. The van der Waals surface area contributed by atoms with Gasteiger partial charge in [0.25, 0.3) is 0 Å². The van der Waals surface area contributed by atoms with Crippen molar-refractivity contribution < 1.29 is 23.5 Å². The molecule has 1 saturated heterocycles. The zero-order chi connectivity index (χ0) is 28.3. The Morgan fingerprint density at radius 2 is 1.55 bits per heavy atom. The second-order valence-corrected chi connectivity index (χ2v) is 10.3. The third-order valence-electron chi connectivity index (χ3n) is 7.22. The number of aromatic nitrogens is 1. The number of hydrogen-bond donors (Lipinski definition) is 3. The van der Waals surface area contributed by atoms with Crippen molar-refractivity contribution in [1.29, 1.82) is 0 Å². The zero-order valence-corrected chi connectivity index (χ0v) is 22.3. The molecule has 1 aliphatic carbocycles. The SMILES string of the molecule is CN(C)[C@@H]1CCN(C(=O)Nc2cc(Oc3ccc(NC(=O)C4(C(=O)Nc5ccc(F)cc5)CC4)cc3)ccn2)C1. The zero-order valence-electron chi connectivity index (χ0n) is 22.3. The van der Waals surface area contributed by atoms with Crippen molar-refractivity contribution in [2.24, 2.45) is 5.41 Å². The molecule has 208 valence electrons. The van der Waals surface area contributed by atoms with Crippen LogP contribution in [0.25, 0.3) is 0 Å². The molecule has 2 heterocycles. The van der Waals surface area contributed by atoms with E-state index in [9.17, 15) is 18.8 Å². The van der Waals surface area contributed by atoms with Crippen LogP contribution in [-0.4, -0.2) is 65.9 Å². The average Bonchev–Trinajstić information content (AvgIpc) is 3.60. The van der Waals surface area contributed by atoms with Crippen LogP contribution >= 0.6 is 0 Å². The van der Waals surface area contributed by atoms with Gasteiger partial charge in [-0.15, -0.1) is 0 Å². The largest absolute Gasteiger partial charge is 0.457 e. The molecule has 40 heavy (non-hydrogen) atoms. The summed E-state index contributed by atoms with van der Waals surface area (Å²) in [5, 5.41) is 8.32. The van der Waals surface area contributed by atoms with E-state index in [0.29, 0.717) is 60.7 Å². The highest BCUT2D eigenvalue weighted by atomic mass is 19.1. The first-order valence-corrected chi connectivity index (χ1v) is 13.1. The molecular weight excluding hydrogens is 515 g/mol. The van der Waals surface area contributed by atoms with Crippen molar-refractivity contribution in [3.05, 3.63) is 72.7 Å². The number of pyridine rings is 1. The summed E-state index contributed by atoms with van der Waals surface area (Å²) in [5.74, 6) is 0.170. The molecule has 11 heteroatoms. The molecule has 0 unspecified atom stereocenters. The molecule has 2 fully saturated rings. The van der Waals surface area contributed by atoms with E-state index in [1.54, 1.807) is 47.5 Å². The Labute approximate surface area is 231 Å². The lowest BCUT2D eigenvalue weighted by molar-refractivity contribution is -0.131. The van der Waals surface area contributed by atoms with E-state index >= 15 is 0 Å². The van der Waals surface area contributed by atoms with Crippen molar-refractivity contribution in [3.63, 3.8) is 0 Å². The van der Waals surface area contributed by atoms with Gasteiger partial charge in [-0.1, -0.05) is 0 Å². The van der Waals surface area contributed by atoms with Gasteiger partial charge in [0.1, 0.15) is 28.5 Å². The van der Waals surface area contributed by atoms with E-state index in [1.165, 1.54) is 24.3 Å². The molecule has 5 rings (SSSR count). The van der Waals surface area contributed by atoms with Crippen LogP contribution in [0.2, 0.25) is 0 Å². The maximum atomic E-state index is 13.1. The molecule has 3 N–H and O–H groups in total. The molecule has 1 aromatic heterocycles. The Balaban J connectivity index is 1.15. The Kier molecular flexibility index (Phi) is 7.65. The maximum absolute atomic E-state index is 13.1. The van der Waals surface area contributed by atoms with E-state index in [0.717, 1.165) is 6.42 Å². The minimum Gasteiger partial charge on any atom is -0.457 e. The lowest BCUT2D eigenvalue weighted by Gasteiger charge is -2.20. The maximum Gasteiger partial charge on any atom is 0.323 e. The highest BCUT2D eigenvalue weighted by Crippen LogP contribution is 2.47. The number of urea groups is 1. The number of anilines is 3. The summed E-state index contributed by atoms with van der Waals surface area (Å²) in [7, 11) is 4.02. The van der Waals surface area contributed by atoms with Crippen LogP contribution in [0.3, 0.4) is 0 Å². The number of rotatable bonds is 8. The van der Waals surface area contributed by atoms with Crippen molar-refractivity contribution in [2.45, 2.75) is 25.3 Å². The predicted molar refractivity (Wildman–Crippen MR) is 149 cm³/mol. The molecule has 0 bridgehead atoms. The fourth-order valence-electron chi connectivity index (χ4n) is 4.54. The van der Waals surface area contributed by atoms with E-state index < -0.39 is 23.0 Å². The third kappa shape index (κ3) is 6.20. The number of carbonyl (C=O) groups excluding carboxylic acids is 3. The van der Waals surface area contributed by atoms with Gasteiger partial charge in [0, 0.05) is 42.8 Å². The minimum absolute atomic E-state index is 0.200. The van der Waals surface area contributed by atoms with E-state index in [1.807, 2.05) is 14.1 Å². The van der Waals surface area contributed by atoms with Crippen LogP contribution in [0.1, 0.15) is 19.3 Å². The van der Waals surface area contributed by atoms with Crippen LogP contribution in [0.15, 0.2) is 66.9 Å². The van der Waals surface area contributed by atoms with Crippen molar-refractivity contribution in [3.8, 4) is 11.5 Å². The van der Waals surface area contributed by atoms with Gasteiger partial charge in [-0.05, 0) is 88.0 Å². The average molecular weight is 547 g/mol. The number of amides is 4. The first-order chi connectivity index (χ1) is 19.2. The number of ether oxygens (including phenoxy) is 1. The standard InChI is InChI=1S/C29H31FN6O4/c1-35(2)22-12-16-36(18-22)28(39)34-25-17-24(11-15-31-25)40-23-9-7-21(8-10-23)33-27(38)29(13-14-29)26(37)32-20-5-3-19(30)4-6-20/h3-11,15,17,22H,12-14,16,18H2,1-2H3,(H,32,37)(H,33,38)(H,31,34,39)/t22-/m1/s1. The molecule has 1 aliphatic heterocycles. The topological polar surface area (TPSA) is 116 Å². The number of likely N-dealkylation sites (N-methyl/N-ethyl adjacent to an activating group) is 1. The predicted octanol–water partition coefficient (Wildman–Crippen LogP) is 4.54. The van der Waals surface area contributed by atoms with Gasteiger partial charge < -0.3 is 25.2 Å². The lowest BCUT2D eigenvalue weighted by Crippen LogP contribution is -2.36. The summed E-state index contributed by atoms with van der Waals surface area (Å²) < 4.78 is 19.0. The summed E-state index contributed by atoms with van der Waals surface area (Å²) in [6, 6.07) is 15.6. The van der Waals surface area contributed by atoms with Crippen LogP contribution in [0, 0.1) is 11.2 Å². The third-order valence-corrected chi connectivity index (χ3v) is 7.22. The van der Waals surface area contributed by atoms with E-state index in [2.05, 4.69) is 25.8 Å². The summed E-state index contributed by atoms with van der Waals surface area (Å²) in [6.45, 7) is 1.35. The summed E-state index contributed by atoms with van der Waals surface area (Å²) in [6.07, 6.45) is 3.35. The number of nitrogens with one attached hydrogen (secondary N) is 3. The number of hydrogen-bond acceptors (Lipinski definition) is 6. The van der Waals surface area contributed by atoms with Gasteiger partial charge in [-0.3, -0.25) is 14.9 Å². The van der Waals surface area contributed by atoms with Crippen molar-refractivity contribution >= 4 is 35.0 Å². The quantitative estimate of drug-likeness (QED) is 0.358. The van der Waals surface area contributed by atoms with E-state index in [4.69, 9.17) is 4.74 Å². The second-order valence-electron chi connectivity index (χ2n) is 10.3. The molecule has 0 spiro atoms. The van der Waals surface area contributed by atoms with Gasteiger partial charge in [-0.25, -0.2) is 14.2 Å². The Bertz CT molecular complexity index is 1390. The van der Waals surface area contributed by atoms with Crippen molar-refractivity contribution in [1.82, 2.24) is 14.8 Å². The number of nitrogens with zero attached hydrogens (tertiary/aromatic N) is 3. The molecule has 2 aliphatic rings. The van der Waals surface area contributed by atoms with Crippen LogP contribution in [0.5, 0.6) is 11.5 Å². The highest BCUT2D eigenvalue weighted by molar-refractivity contribution is 6.16. The van der Waals surface area contributed by atoms with Gasteiger partial charge >= 0.3 is 6.03 Å². The number of benzene rings is 2. The van der Waals surface area contributed by atoms with E-state index in [-0.39, 0.29) is 6.03 Å². The first-order valence-electron chi connectivity index (χ1n) is 13.1. The normalized spacial score (nSPS) is 17.3. The molecule has 2 aromatic carbocycles. The van der Waals surface area contributed by atoms with Gasteiger partial charge in [0.15, 0.2) is 0 Å². The molecule has 4 amide bonds. The first kappa shape index (κ1) is 27.1. The van der Waals surface area contributed by atoms with Crippen LogP contribution in [0.4, 0.5) is 26.4 Å². The lowest BCUT2D eigenvalue weighted by atomic mass is 10.0. The summed E-state index contributed by atoms with van der Waals surface area (Å²) in [5.41, 5.74) is -0.202. The number of carbonyl (C=O) groups is 3. The Hall–Kier alpha value is -4.51. The smallest absolute Gasteiger partial charge is 0.323 e. The second kappa shape index (κ2) is 11.3. The monoisotopic (exact) mass is 546 g/mol. The van der Waals surface area contributed by atoms with Crippen molar-refractivity contribution in [2.75, 3.05) is 43.1 Å². The molecule has 1 atom stereocenters. The van der Waals surface area contributed by atoms with Crippen LogP contribution < -0.4 is 20.7 Å². The molecule has 1 saturated carbocycles. The van der Waals surface area contributed by atoms with Gasteiger partial charge in [0.2, 0.25) is 11.8 Å². The minimum atomic E-state index is -1.15. The molecule has 0 radical (unpaired) electrons. The van der Waals surface area contributed by atoms with Crippen LogP contribution in [-0.2, 0) is 9.59 Å². The number of likely N-dealkylation sites (tertiary alicyclic amines) is 1. The Morgan fingerprint density at radius 1 is 0.925 bits per heavy atom. The Morgan fingerprint density at radius 3 is 2.12 bits per heavy atom. The highest BCUT2D eigenvalue weighted by Gasteiger charge is 2.56. The fourth-order valence-corrected chi connectivity index (χ4v) is 4.54. The summed E-state index contributed by atoms with van der Waals surface area (Å²) in [4.78, 5) is 46.4. The van der Waals surface area contributed by atoms with Gasteiger partial charge in [-0.2, -0.15) is 0 Å². The molecule has 10 nitrogen and oxygen atoms in total. The van der Waals surface area contributed by atoms with Gasteiger partial charge in [0.05, 0.1) is 0 Å². The molecule has 3 aromatic rings.